The maximum absolute atomic E-state index is 11.8. The van der Waals surface area contributed by atoms with Gasteiger partial charge in [-0.25, -0.2) is 0 Å². The zero-order chi connectivity index (χ0) is 15.1. The monoisotopic (exact) mass is 291 g/mol. The molecule has 2 amide bonds. The molecule has 0 aliphatic carbocycles. The highest BCUT2D eigenvalue weighted by atomic mass is 16.5. The van der Waals surface area contributed by atoms with Crippen molar-refractivity contribution in [3.63, 3.8) is 0 Å². The fourth-order valence-electron chi connectivity index (χ4n) is 2.22. The van der Waals surface area contributed by atoms with Crippen molar-refractivity contribution in [2.45, 2.75) is 6.42 Å². The molecule has 1 heterocycles. The first kappa shape index (κ1) is 15.3. The second-order valence-electron chi connectivity index (χ2n) is 5.01. The molecule has 0 saturated carbocycles. The Balaban J connectivity index is 1.67. The van der Waals surface area contributed by atoms with Crippen molar-refractivity contribution in [2.24, 2.45) is 0 Å². The summed E-state index contributed by atoms with van der Waals surface area (Å²) in [5.41, 5.74) is 1.15. The molecule has 0 bridgehead atoms. The number of benzene rings is 1. The van der Waals surface area contributed by atoms with E-state index in [1.807, 2.05) is 29.2 Å². The summed E-state index contributed by atoms with van der Waals surface area (Å²) in [5.74, 6) is 0.761. The minimum Gasteiger partial charge on any atom is -0.497 e. The average molecular weight is 291 g/mol. The van der Waals surface area contributed by atoms with E-state index in [-0.39, 0.29) is 18.4 Å². The van der Waals surface area contributed by atoms with Crippen LogP contribution in [0.25, 0.3) is 0 Å². The fraction of sp³-hybridized carbons (Fsp3) is 0.467. The Morgan fingerprint density at radius 1 is 1.38 bits per heavy atom. The maximum atomic E-state index is 11.8. The number of carbonyl (C=O) groups is 2. The second kappa shape index (κ2) is 7.64. The summed E-state index contributed by atoms with van der Waals surface area (Å²) in [6.07, 6.45) is 0.774. The molecule has 1 aromatic rings. The lowest BCUT2D eigenvalue weighted by molar-refractivity contribution is -0.126. The minimum absolute atomic E-state index is 0.0210. The van der Waals surface area contributed by atoms with E-state index in [0.29, 0.717) is 19.6 Å². The lowest BCUT2D eigenvalue weighted by Crippen LogP contribution is -2.50. The van der Waals surface area contributed by atoms with Crippen LogP contribution in [-0.4, -0.2) is 56.5 Å². The number of nitrogens with zero attached hydrogens (tertiary/aromatic N) is 1. The molecule has 0 unspecified atom stereocenters. The predicted molar refractivity (Wildman–Crippen MR) is 79.2 cm³/mol. The van der Waals surface area contributed by atoms with Crippen molar-refractivity contribution in [3.8, 4) is 5.75 Å². The van der Waals surface area contributed by atoms with Gasteiger partial charge in [-0.15, -0.1) is 0 Å². The standard InChI is InChI=1S/C15H21N3O3/c1-21-13-4-2-12(3-5-13)6-7-16-14(19)10-18-9-8-17-15(20)11-18/h2-5H,6-11H2,1H3,(H,16,19)(H,17,20). The lowest BCUT2D eigenvalue weighted by Gasteiger charge is -2.25. The van der Waals surface area contributed by atoms with E-state index in [9.17, 15) is 9.59 Å². The highest BCUT2D eigenvalue weighted by Gasteiger charge is 2.18. The normalized spacial score (nSPS) is 15.4. The van der Waals surface area contributed by atoms with Gasteiger partial charge in [-0.2, -0.15) is 0 Å². The van der Waals surface area contributed by atoms with Crippen molar-refractivity contribution < 1.29 is 14.3 Å². The van der Waals surface area contributed by atoms with Gasteiger partial charge in [-0.3, -0.25) is 14.5 Å². The first-order valence-electron chi connectivity index (χ1n) is 7.06. The van der Waals surface area contributed by atoms with E-state index in [4.69, 9.17) is 4.74 Å². The van der Waals surface area contributed by atoms with Crippen molar-refractivity contribution in [1.29, 1.82) is 0 Å². The van der Waals surface area contributed by atoms with Crippen LogP contribution in [0, 0.1) is 0 Å². The summed E-state index contributed by atoms with van der Waals surface area (Å²) in [7, 11) is 1.64. The van der Waals surface area contributed by atoms with Crippen LogP contribution < -0.4 is 15.4 Å². The van der Waals surface area contributed by atoms with Gasteiger partial charge in [0.25, 0.3) is 0 Å². The van der Waals surface area contributed by atoms with Gasteiger partial charge >= 0.3 is 0 Å². The molecule has 1 fully saturated rings. The zero-order valence-corrected chi connectivity index (χ0v) is 12.2. The molecule has 114 valence electrons. The summed E-state index contributed by atoms with van der Waals surface area (Å²) in [4.78, 5) is 24.9. The molecular weight excluding hydrogens is 270 g/mol. The van der Waals surface area contributed by atoms with Crippen LogP contribution in [0.1, 0.15) is 5.56 Å². The fourth-order valence-corrected chi connectivity index (χ4v) is 2.22. The molecule has 0 aromatic heterocycles. The number of hydrogen-bond acceptors (Lipinski definition) is 4. The summed E-state index contributed by atoms with van der Waals surface area (Å²) in [6.45, 7) is 2.49. The van der Waals surface area contributed by atoms with Gasteiger partial charge in [0.05, 0.1) is 20.2 Å². The quantitative estimate of drug-likeness (QED) is 0.760. The van der Waals surface area contributed by atoms with Crippen LogP contribution in [0.2, 0.25) is 0 Å². The summed E-state index contributed by atoms with van der Waals surface area (Å²) >= 11 is 0. The SMILES string of the molecule is COc1ccc(CCNC(=O)CN2CCNC(=O)C2)cc1. The van der Waals surface area contributed by atoms with Crippen molar-refractivity contribution >= 4 is 11.8 Å². The van der Waals surface area contributed by atoms with Crippen LogP contribution in [-0.2, 0) is 16.0 Å². The van der Waals surface area contributed by atoms with E-state index in [1.54, 1.807) is 7.11 Å². The Morgan fingerprint density at radius 3 is 2.81 bits per heavy atom. The predicted octanol–water partition coefficient (Wildman–Crippen LogP) is -0.214. The number of rotatable bonds is 6. The maximum Gasteiger partial charge on any atom is 0.234 e. The van der Waals surface area contributed by atoms with Crippen LogP contribution in [0.5, 0.6) is 5.75 Å². The smallest absolute Gasteiger partial charge is 0.234 e. The van der Waals surface area contributed by atoms with E-state index in [1.165, 1.54) is 0 Å². The number of nitrogens with one attached hydrogen (secondary N) is 2. The number of ether oxygens (including phenoxy) is 1. The molecule has 0 radical (unpaired) electrons. The molecular formula is C15H21N3O3. The Bertz CT molecular complexity index is 487. The largest absolute Gasteiger partial charge is 0.497 e. The lowest BCUT2D eigenvalue weighted by atomic mass is 10.1. The zero-order valence-electron chi connectivity index (χ0n) is 12.2. The Morgan fingerprint density at radius 2 is 2.14 bits per heavy atom. The minimum atomic E-state index is -0.0433. The van der Waals surface area contributed by atoms with Gasteiger partial charge in [0.2, 0.25) is 11.8 Å². The third-order valence-corrected chi connectivity index (χ3v) is 3.38. The number of piperazine rings is 1. The molecule has 6 heteroatoms. The van der Waals surface area contributed by atoms with E-state index < -0.39 is 0 Å². The van der Waals surface area contributed by atoms with Gasteiger partial charge in [0.15, 0.2) is 0 Å². The summed E-state index contributed by atoms with van der Waals surface area (Å²) < 4.78 is 5.10. The molecule has 1 aromatic carbocycles. The van der Waals surface area contributed by atoms with Gasteiger partial charge in [0.1, 0.15) is 5.75 Å². The third kappa shape index (κ3) is 5.07. The highest BCUT2D eigenvalue weighted by Crippen LogP contribution is 2.11. The molecule has 1 aliphatic rings. The van der Waals surface area contributed by atoms with Crippen LogP contribution in [0.3, 0.4) is 0 Å². The van der Waals surface area contributed by atoms with Gasteiger partial charge < -0.3 is 15.4 Å². The van der Waals surface area contributed by atoms with Crippen LogP contribution in [0.4, 0.5) is 0 Å². The van der Waals surface area contributed by atoms with Crippen LogP contribution in [0.15, 0.2) is 24.3 Å². The molecule has 2 rings (SSSR count). The first-order valence-corrected chi connectivity index (χ1v) is 7.06. The van der Waals surface area contributed by atoms with Gasteiger partial charge in [-0.1, -0.05) is 12.1 Å². The van der Waals surface area contributed by atoms with E-state index >= 15 is 0 Å². The molecule has 0 spiro atoms. The number of methoxy groups -OCH3 is 1. The molecule has 1 aliphatic heterocycles. The summed E-state index contributed by atoms with van der Waals surface area (Å²) in [6, 6.07) is 7.78. The first-order chi connectivity index (χ1) is 10.2. The van der Waals surface area contributed by atoms with Gasteiger partial charge in [-0.05, 0) is 24.1 Å². The molecule has 6 nitrogen and oxygen atoms in total. The molecule has 2 N–H and O–H groups in total. The molecule has 21 heavy (non-hydrogen) atoms. The Hall–Kier alpha value is -2.08. The Kier molecular flexibility index (Phi) is 5.57. The highest BCUT2D eigenvalue weighted by molar-refractivity contribution is 5.81. The Labute approximate surface area is 124 Å². The second-order valence-corrected chi connectivity index (χ2v) is 5.01. The third-order valence-electron chi connectivity index (χ3n) is 3.38. The number of amides is 2. The van der Waals surface area contributed by atoms with Crippen molar-refractivity contribution in [3.05, 3.63) is 29.8 Å². The number of hydrogen-bond donors (Lipinski definition) is 2. The van der Waals surface area contributed by atoms with Gasteiger partial charge in [0, 0.05) is 19.6 Å². The van der Waals surface area contributed by atoms with Crippen molar-refractivity contribution in [2.75, 3.05) is 39.8 Å². The number of carbonyl (C=O) groups excluding carboxylic acids is 2. The van der Waals surface area contributed by atoms with Crippen LogP contribution >= 0.6 is 0 Å². The van der Waals surface area contributed by atoms with E-state index in [0.717, 1.165) is 24.3 Å². The van der Waals surface area contributed by atoms with Crippen molar-refractivity contribution in [1.82, 2.24) is 15.5 Å². The summed E-state index contributed by atoms with van der Waals surface area (Å²) in [5, 5.41) is 5.61. The average Bonchev–Trinajstić information content (AvgIpc) is 2.48. The molecule has 0 atom stereocenters. The van der Waals surface area contributed by atoms with E-state index in [2.05, 4.69) is 10.6 Å². The molecule has 1 saturated heterocycles. The topological polar surface area (TPSA) is 70.7 Å².